The molecule has 2 aromatic heterocycles. The van der Waals surface area contributed by atoms with Gasteiger partial charge in [0.2, 0.25) is 0 Å². The Morgan fingerprint density at radius 3 is 2.62 bits per heavy atom. The topological polar surface area (TPSA) is 125 Å². The molecule has 0 saturated carbocycles. The van der Waals surface area contributed by atoms with Gasteiger partial charge in [0, 0.05) is 0 Å². The molecule has 0 fully saturated rings. The maximum Gasteiger partial charge on any atom is 0.390 e. The summed E-state index contributed by atoms with van der Waals surface area (Å²) in [4.78, 5) is 23.2. The van der Waals surface area contributed by atoms with E-state index in [1.54, 1.807) is 21.0 Å². The average Bonchev–Trinajstić information content (AvgIpc) is 3.25. The van der Waals surface area contributed by atoms with Gasteiger partial charge < -0.3 is 24.7 Å². The predicted molar refractivity (Wildman–Crippen MR) is 103 cm³/mol. The minimum Gasteiger partial charge on any atom is -0.497 e. The molecule has 0 bridgehead atoms. The van der Waals surface area contributed by atoms with Crippen molar-refractivity contribution in [1.29, 1.82) is 0 Å². The van der Waals surface area contributed by atoms with Crippen molar-refractivity contribution in [2.45, 2.75) is 33.4 Å². The Kier molecular flexibility index (Phi) is 5.62. The molecule has 0 aliphatic rings. The summed E-state index contributed by atoms with van der Waals surface area (Å²) in [5.41, 5.74) is 2.14. The van der Waals surface area contributed by atoms with Crippen molar-refractivity contribution in [2.75, 3.05) is 7.11 Å². The Balaban J connectivity index is 1.79. The normalized spacial score (nSPS) is 11.9. The van der Waals surface area contributed by atoms with E-state index < -0.39 is 10.8 Å². The van der Waals surface area contributed by atoms with Gasteiger partial charge in [-0.2, -0.15) is 4.68 Å². The van der Waals surface area contributed by atoms with Crippen LogP contribution in [0.1, 0.15) is 46.0 Å². The molecule has 0 aliphatic heterocycles. The quantitative estimate of drug-likeness (QED) is 0.478. The Labute approximate surface area is 166 Å². The molecule has 1 amide bonds. The molecule has 3 aromatic rings. The fourth-order valence-corrected chi connectivity index (χ4v) is 2.89. The summed E-state index contributed by atoms with van der Waals surface area (Å²) in [6.45, 7) is 5.37. The number of ether oxygens (including phenoxy) is 1. The molecule has 1 N–H and O–H groups in total. The van der Waals surface area contributed by atoms with E-state index in [0.717, 1.165) is 11.3 Å². The second kappa shape index (κ2) is 8.13. The van der Waals surface area contributed by atoms with Crippen LogP contribution >= 0.6 is 0 Å². The zero-order valence-electron chi connectivity index (χ0n) is 16.5. The molecule has 10 heteroatoms. The van der Waals surface area contributed by atoms with Gasteiger partial charge in [0.15, 0.2) is 5.69 Å². The highest BCUT2D eigenvalue weighted by atomic mass is 16.6. The third-order valence-corrected chi connectivity index (χ3v) is 4.63. The van der Waals surface area contributed by atoms with E-state index in [1.165, 1.54) is 10.7 Å². The van der Waals surface area contributed by atoms with E-state index >= 15 is 0 Å². The van der Waals surface area contributed by atoms with Crippen molar-refractivity contribution in [3.63, 3.8) is 0 Å². The zero-order valence-corrected chi connectivity index (χ0v) is 16.5. The largest absolute Gasteiger partial charge is 0.497 e. The second-order valence-corrected chi connectivity index (χ2v) is 6.59. The second-order valence-electron chi connectivity index (χ2n) is 6.59. The summed E-state index contributed by atoms with van der Waals surface area (Å²) < 4.78 is 11.8. The number of aryl methyl sites for hydroxylation is 2. The van der Waals surface area contributed by atoms with E-state index in [9.17, 15) is 14.9 Å². The lowest BCUT2D eigenvalue weighted by molar-refractivity contribution is -0.389. The molecule has 1 aromatic carbocycles. The molecule has 29 heavy (non-hydrogen) atoms. The summed E-state index contributed by atoms with van der Waals surface area (Å²) in [5.74, 6) is 0.519. The van der Waals surface area contributed by atoms with Crippen molar-refractivity contribution in [1.82, 2.24) is 20.3 Å². The van der Waals surface area contributed by atoms with Gasteiger partial charge in [0.05, 0.1) is 42.1 Å². The van der Waals surface area contributed by atoms with Gasteiger partial charge in [0.1, 0.15) is 11.5 Å². The monoisotopic (exact) mass is 399 g/mol. The van der Waals surface area contributed by atoms with Gasteiger partial charge in [0.25, 0.3) is 5.91 Å². The van der Waals surface area contributed by atoms with E-state index in [2.05, 4.69) is 15.6 Å². The van der Waals surface area contributed by atoms with Crippen LogP contribution in [-0.2, 0) is 6.54 Å². The molecule has 152 valence electrons. The van der Waals surface area contributed by atoms with Crippen LogP contribution in [-0.4, -0.2) is 32.9 Å². The van der Waals surface area contributed by atoms with E-state index in [-0.39, 0.29) is 24.1 Å². The minimum absolute atomic E-state index is 0.125. The maximum atomic E-state index is 12.8. The molecule has 2 heterocycles. The molecule has 3 rings (SSSR count). The van der Waals surface area contributed by atoms with Crippen molar-refractivity contribution in [3.8, 4) is 5.75 Å². The smallest absolute Gasteiger partial charge is 0.390 e. The summed E-state index contributed by atoms with van der Waals surface area (Å²) >= 11 is 0. The van der Waals surface area contributed by atoms with Gasteiger partial charge in [-0.15, -0.1) is 0 Å². The van der Waals surface area contributed by atoms with Crippen LogP contribution in [0.4, 0.5) is 5.82 Å². The zero-order chi connectivity index (χ0) is 21.1. The number of nitro groups is 1. The number of carbonyl (C=O) groups is 1. The first-order valence-corrected chi connectivity index (χ1v) is 8.89. The van der Waals surface area contributed by atoms with E-state index in [0.29, 0.717) is 17.0 Å². The number of hydrogen-bond acceptors (Lipinski definition) is 7. The van der Waals surface area contributed by atoms with Crippen LogP contribution in [0, 0.1) is 24.0 Å². The number of methoxy groups -OCH3 is 1. The molecule has 10 nitrogen and oxygen atoms in total. The van der Waals surface area contributed by atoms with Crippen LogP contribution in [0.3, 0.4) is 0 Å². The van der Waals surface area contributed by atoms with E-state index in [4.69, 9.17) is 9.26 Å². The number of nitrogens with zero attached hydrogens (tertiary/aromatic N) is 4. The molecule has 0 saturated heterocycles. The van der Waals surface area contributed by atoms with Crippen LogP contribution in [0.15, 0.2) is 34.9 Å². The van der Waals surface area contributed by atoms with Gasteiger partial charge >= 0.3 is 5.82 Å². The SMILES string of the molecule is COc1ccc(C(C)NC(=O)c2noc(C)c2Cn2nc([N+](=O)[O-])cc2C)cc1. The number of hydrogen-bond donors (Lipinski definition) is 1. The van der Waals surface area contributed by atoms with Gasteiger partial charge in [-0.1, -0.05) is 17.3 Å². The van der Waals surface area contributed by atoms with Crippen LogP contribution in [0.5, 0.6) is 5.75 Å². The number of nitrogens with one attached hydrogen (secondary N) is 1. The first-order chi connectivity index (χ1) is 13.8. The first kappa shape index (κ1) is 20.1. The van der Waals surface area contributed by atoms with Gasteiger partial charge in [-0.05, 0) is 43.4 Å². The molecule has 1 atom stereocenters. The van der Waals surface area contributed by atoms with Crippen molar-refractivity contribution in [3.05, 3.63) is 68.7 Å². The molecule has 1 unspecified atom stereocenters. The summed E-state index contributed by atoms with van der Waals surface area (Å²) in [6.07, 6.45) is 0. The third-order valence-electron chi connectivity index (χ3n) is 4.63. The molecule has 0 spiro atoms. The maximum absolute atomic E-state index is 12.8. The molecule has 0 aliphatic carbocycles. The Bertz CT molecular complexity index is 1040. The highest BCUT2D eigenvalue weighted by Crippen LogP contribution is 2.21. The Morgan fingerprint density at radius 1 is 1.34 bits per heavy atom. The molecular formula is C19H21N5O5. The predicted octanol–water partition coefficient (Wildman–Crippen LogP) is 2.94. The lowest BCUT2D eigenvalue weighted by Crippen LogP contribution is -2.28. The van der Waals surface area contributed by atoms with Crippen LogP contribution in [0.2, 0.25) is 0 Å². The third kappa shape index (κ3) is 4.26. The summed E-state index contributed by atoms with van der Waals surface area (Å²) in [5, 5.41) is 21.7. The molecular weight excluding hydrogens is 378 g/mol. The van der Waals surface area contributed by atoms with Gasteiger partial charge in [-0.3, -0.25) is 4.79 Å². The van der Waals surface area contributed by atoms with Crippen LogP contribution < -0.4 is 10.1 Å². The van der Waals surface area contributed by atoms with E-state index in [1.807, 2.05) is 31.2 Å². The number of aromatic nitrogens is 3. The Morgan fingerprint density at radius 2 is 2.03 bits per heavy atom. The van der Waals surface area contributed by atoms with Gasteiger partial charge in [-0.25, -0.2) is 0 Å². The number of carbonyl (C=O) groups excluding carboxylic acids is 1. The highest BCUT2D eigenvalue weighted by Gasteiger charge is 2.24. The lowest BCUT2D eigenvalue weighted by Gasteiger charge is -2.14. The number of benzene rings is 1. The van der Waals surface area contributed by atoms with Crippen molar-refractivity contribution in [2.24, 2.45) is 0 Å². The highest BCUT2D eigenvalue weighted by molar-refractivity contribution is 5.94. The van der Waals surface area contributed by atoms with Crippen molar-refractivity contribution >= 4 is 11.7 Å². The minimum atomic E-state index is -0.561. The fraction of sp³-hybridized carbons (Fsp3) is 0.316. The van der Waals surface area contributed by atoms with Crippen molar-refractivity contribution < 1.29 is 19.0 Å². The molecule has 0 radical (unpaired) electrons. The fourth-order valence-electron chi connectivity index (χ4n) is 2.89. The standard InChI is InChI=1S/C19H21N5O5/c1-11-9-17(24(26)27)21-23(11)10-16-13(3)29-22-18(16)19(25)20-12(2)14-5-7-15(28-4)8-6-14/h5-9,12H,10H2,1-4H3,(H,20,25). The number of amides is 1. The van der Waals surface area contributed by atoms with Crippen LogP contribution in [0.25, 0.3) is 0 Å². The summed E-state index contributed by atoms with van der Waals surface area (Å²) in [7, 11) is 1.59. The summed E-state index contributed by atoms with van der Waals surface area (Å²) in [6, 6.07) is 8.46. The lowest BCUT2D eigenvalue weighted by atomic mass is 10.1. The Hall–Kier alpha value is -3.69. The number of rotatable bonds is 7. The average molecular weight is 399 g/mol. The first-order valence-electron chi connectivity index (χ1n) is 8.89.